The van der Waals surface area contributed by atoms with Crippen LogP contribution >= 0.6 is 11.6 Å². The number of benzene rings is 1. The summed E-state index contributed by atoms with van der Waals surface area (Å²) in [6.07, 6.45) is 1.31. The molecule has 2 aliphatic heterocycles. The van der Waals surface area contributed by atoms with Gasteiger partial charge in [-0.05, 0) is 68.6 Å². The first-order valence-corrected chi connectivity index (χ1v) is 10.7. The highest BCUT2D eigenvalue weighted by atomic mass is 35.5. The fraction of sp³-hybridized carbons (Fsp3) is 0.348. The summed E-state index contributed by atoms with van der Waals surface area (Å²) in [6.45, 7) is 7.17. The summed E-state index contributed by atoms with van der Waals surface area (Å²) in [6, 6.07) is 4.17. The topological polar surface area (TPSA) is 7.94 Å². The SMILES string of the molecule is CCC1=C(C)C2=C(c3ccc(F)cc3Cl)c3c(C)c(CC)c(C)n3[B-](F)(F)[N+]2=C1C. The second-order valence-corrected chi connectivity index (χ2v) is 8.52. The second kappa shape index (κ2) is 6.91. The van der Waals surface area contributed by atoms with Crippen molar-refractivity contribution in [2.75, 3.05) is 0 Å². The smallest absolute Gasteiger partial charge is 0.393 e. The van der Waals surface area contributed by atoms with Gasteiger partial charge < -0.3 is 17.6 Å². The summed E-state index contributed by atoms with van der Waals surface area (Å²) >= 11 is 6.47. The lowest BCUT2D eigenvalue weighted by Gasteiger charge is -2.34. The molecule has 0 aliphatic carbocycles. The Labute approximate surface area is 180 Å². The summed E-state index contributed by atoms with van der Waals surface area (Å²) in [5.74, 6) is -0.454. The van der Waals surface area contributed by atoms with Gasteiger partial charge in [0.2, 0.25) is 0 Å². The van der Waals surface area contributed by atoms with Crippen molar-refractivity contribution in [3.05, 3.63) is 74.0 Å². The third-order valence-electron chi connectivity index (χ3n) is 6.70. The van der Waals surface area contributed by atoms with Crippen LogP contribution in [0.3, 0.4) is 0 Å². The summed E-state index contributed by atoms with van der Waals surface area (Å²) < 4.78 is 48.4. The monoisotopic (exact) mass is 432 g/mol. The zero-order chi connectivity index (χ0) is 22.1. The van der Waals surface area contributed by atoms with E-state index in [0.717, 1.165) is 22.3 Å². The number of hydrogen-bond acceptors (Lipinski definition) is 0. The van der Waals surface area contributed by atoms with E-state index in [-0.39, 0.29) is 5.02 Å². The van der Waals surface area contributed by atoms with Crippen molar-refractivity contribution in [3.8, 4) is 0 Å². The summed E-state index contributed by atoms with van der Waals surface area (Å²) in [5.41, 5.74) is 6.81. The van der Waals surface area contributed by atoms with Gasteiger partial charge in [-0.3, -0.25) is 0 Å². The van der Waals surface area contributed by atoms with Crippen molar-refractivity contribution in [1.29, 1.82) is 0 Å². The van der Waals surface area contributed by atoms with Crippen molar-refractivity contribution in [1.82, 2.24) is 4.48 Å². The number of halogens is 4. The van der Waals surface area contributed by atoms with Crippen LogP contribution in [0.4, 0.5) is 13.0 Å². The summed E-state index contributed by atoms with van der Waals surface area (Å²) in [5, 5.41) is 0.216. The van der Waals surface area contributed by atoms with Crippen LogP contribution < -0.4 is 0 Å². The lowest BCUT2D eigenvalue weighted by molar-refractivity contribution is -0.363. The number of nitrogens with zero attached hydrogens (tertiary/aromatic N) is 2. The molecule has 1 aromatic heterocycles. The van der Waals surface area contributed by atoms with Crippen molar-refractivity contribution < 1.29 is 17.5 Å². The molecule has 0 saturated carbocycles. The minimum absolute atomic E-state index is 0.216. The highest BCUT2D eigenvalue weighted by Gasteiger charge is 2.56. The molecule has 3 heterocycles. The Balaban J connectivity index is 2.25. The maximum Gasteiger partial charge on any atom is 0.737 e. The van der Waals surface area contributed by atoms with E-state index in [4.69, 9.17) is 11.6 Å². The third-order valence-corrected chi connectivity index (χ3v) is 7.01. The van der Waals surface area contributed by atoms with Gasteiger partial charge in [-0.15, -0.1) is 0 Å². The van der Waals surface area contributed by atoms with Crippen molar-refractivity contribution >= 4 is 29.9 Å². The van der Waals surface area contributed by atoms with Gasteiger partial charge in [-0.2, -0.15) is 0 Å². The van der Waals surface area contributed by atoms with Crippen LogP contribution in [0, 0.1) is 19.7 Å². The van der Waals surface area contributed by atoms with Crippen LogP contribution in [0.25, 0.3) is 5.57 Å². The van der Waals surface area contributed by atoms with Gasteiger partial charge in [0.05, 0.1) is 10.6 Å². The number of fused-ring (bicyclic) bond motifs is 2. The molecule has 0 radical (unpaired) electrons. The highest BCUT2D eigenvalue weighted by Crippen LogP contribution is 2.48. The van der Waals surface area contributed by atoms with E-state index in [2.05, 4.69) is 0 Å². The quantitative estimate of drug-likeness (QED) is 0.479. The van der Waals surface area contributed by atoms with Gasteiger partial charge in [-0.1, -0.05) is 25.4 Å². The van der Waals surface area contributed by atoms with Gasteiger partial charge in [0.15, 0.2) is 5.70 Å². The van der Waals surface area contributed by atoms with E-state index < -0.39 is 12.8 Å². The molecule has 0 spiro atoms. The van der Waals surface area contributed by atoms with E-state index in [1.807, 2.05) is 27.7 Å². The fourth-order valence-corrected chi connectivity index (χ4v) is 5.69. The van der Waals surface area contributed by atoms with Gasteiger partial charge in [0, 0.05) is 29.3 Å². The molecule has 4 rings (SSSR count). The highest BCUT2D eigenvalue weighted by molar-refractivity contribution is 6.58. The fourth-order valence-electron chi connectivity index (χ4n) is 5.43. The molecule has 2 aromatic rings. The molecule has 0 fully saturated rings. The van der Waals surface area contributed by atoms with Crippen LogP contribution in [-0.2, 0) is 6.42 Å². The van der Waals surface area contributed by atoms with Crippen molar-refractivity contribution in [2.24, 2.45) is 0 Å². The Morgan fingerprint density at radius 1 is 1.07 bits per heavy atom. The maximum absolute atomic E-state index is 16.1. The number of rotatable bonds is 3. The van der Waals surface area contributed by atoms with E-state index in [1.54, 1.807) is 19.9 Å². The standard InChI is InChI=1S/C23H25BClF3N2/c1-7-17-12(3)22-21(19-10-9-16(26)11-20(19)25)23-13(4)18(8-2)15(6)30(23)24(27,28)29(22)14(17)5/h9-11H,7-8H2,1-6H3. The average molecular weight is 433 g/mol. The molecule has 7 heteroatoms. The van der Waals surface area contributed by atoms with Crippen molar-refractivity contribution in [2.45, 2.75) is 54.4 Å². The van der Waals surface area contributed by atoms with E-state index in [9.17, 15) is 4.39 Å². The lowest BCUT2D eigenvalue weighted by Crippen LogP contribution is -2.51. The van der Waals surface area contributed by atoms with Gasteiger partial charge in [0.25, 0.3) is 0 Å². The first-order chi connectivity index (χ1) is 14.1. The van der Waals surface area contributed by atoms with Gasteiger partial charge in [-0.25, -0.2) is 4.39 Å². The van der Waals surface area contributed by atoms with Crippen LogP contribution in [0.15, 0.2) is 35.0 Å². The molecule has 158 valence electrons. The molecule has 0 saturated heterocycles. The summed E-state index contributed by atoms with van der Waals surface area (Å²) in [4.78, 5) is 0. The van der Waals surface area contributed by atoms with Crippen LogP contribution in [0.1, 0.15) is 62.2 Å². The van der Waals surface area contributed by atoms with Crippen LogP contribution in [0.5, 0.6) is 0 Å². The van der Waals surface area contributed by atoms with Gasteiger partial charge >= 0.3 is 6.97 Å². The molecule has 1 aromatic carbocycles. The maximum atomic E-state index is 16.1. The lowest BCUT2D eigenvalue weighted by atomic mass is 9.83. The predicted octanol–water partition coefficient (Wildman–Crippen LogP) is 6.67. The Hall–Kier alpha value is -2.21. The molecule has 30 heavy (non-hydrogen) atoms. The molecular formula is C23H25BClF3N2. The van der Waals surface area contributed by atoms with E-state index in [1.165, 1.54) is 21.1 Å². The molecule has 0 N–H and O–H groups in total. The minimum Gasteiger partial charge on any atom is -0.393 e. The zero-order valence-corrected chi connectivity index (χ0v) is 18.9. The Bertz CT molecular complexity index is 1200. The molecule has 0 unspecified atom stereocenters. The second-order valence-electron chi connectivity index (χ2n) is 8.11. The molecule has 2 aliphatic rings. The van der Waals surface area contributed by atoms with Crippen molar-refractivity contribution in [3.63, 3.8) is 0 Å². The van der Waals surface area contributed by atoms with E-state index >= 15 is 8.63 Å². The number of allylic oxidation sites excluding steroid dienone is 2. The first-order valence-electron chi connectivity index (χ1n) is 10.3. The third kappa shape index (κ3) is 2.55. The summed E-state index contributed by atoms with van der Waals surface area (Å²) in [7, 11) is 0. The molecule has 0 bridgehead atoms. The van der Waals surface area contributed by atoms with E-state index in [0.29, 0.717) is 46.8 Å². The Morgan fingerprint density at radius 2 is 1.73 bits per heavy atom. The van der Waals surface area contributed by atoms with Crippen LogP contribution in [0.2, 0.25) is 5.02 Å². The molecule has 0 amide bonds. The molecular weight excluding hydrogens is 408 g/mol. The molecule has 0 atom stereocenters. The Morgan fingerprint density at radius 3 is 2.30 bits per heavy atom. The van der Waals surface area contributed by atoms with Gasteiger partial charge in [0.1, 0.15) is 11.5 Å². The normalized spacial score (nSPS) is 17.8. The number of hydrogen-bond donors (Lipinski definition) is 0. The number of aromatic nitrogens is 1. The predicted molar refractivity (Wildman–Crippen MR) is 118 cm³/mol. The average Bonchev–Trinajstić information content (AvgIpc) is 3.08. The largest absolute Gasteiger partial charge is 0.737 e. The zero-order valence-electron chi connectivity index (χ0n) is 18.1. The molecule has 2 nitrogen and oxygen atoms in total. The Kier molecular flexibility index (Phi) is 4.85. The minimum atomic E-state index is -4.08. The first kappa shape index (κ1) is 21.0. The van der Waals surface area contributed by atoms with Crippen LogP contribution in [-0.4, -0.2) is 21.6 Å².